The number of fused-ring (bicyclic) bond motifs is 1. The molecular formula is C22H30N4O5. The molecule has 0 bridgehead atoms. The van der Waals surface area contributed by atoms with Gasteiger partial charge in [-0.05, 0) is 43.9 Å². The van der Waals surface area contributed by atoms with Crippen molar-refractivity contribution < 1.29 is 23.5 Å². The average Bonchev–Trinajstić information content (AvgIpc) is 3.31. The topological polar surface area (TPSA) is 108 Å². The third-order valence-electron chi connectivity index (χ3n) is 6.24. The summed E-state index contributed by atoms with van der Waals surface area (Å²) < 4.78 is 18.0. The van der Waals surface area contributed by atoms with Crippen LogP contribution in [0.3, 0.4) is 0 Å². The number of carbonyl (C=O) groups excluding carboxylic acids is 2. The lowest BCUT2D eigenvalue weighted by atomic mass is 9.75. The van der Waals surface area contributed by atoms with Crippen LogP contribution in [0, 0.1) is 18.3 Å². The van der Waals surface area contributed by atoms with Crippen molar-refractivity contribution in [3.05, 3.63) is 34.8 Å². The van der Waals surface area contributed by atoms with Crippen molar-refractivity contribution in [2.75, 3.05) is 26.4 Å². The van der Waals surface area contributed by atoms with Crippen LogP contribution < -0.4 is 5.32 Å². The van der Waals surface area contributed by atoms with Crippen molar-refractivity contribution in [2.24, 2.45) is 11.3 Å². The van der Waals surface area contributed by atoms with Gasteiger partial charge in [0.25, 0.3) is 5.91 Å². The van der Waals surface area contributed by atoms with Crippen LogP contribution in [0.25, 0.3) is 0 Å². The summed E-state index contributed by atoms with van der Waals surface area (Å²) >= 11 is 0. The molecule has 1 atom stereocenters. The van der Waals surface area contributed by atoms with E-state index in [9.17, 15) is 9.59 Å². The molecule has 2 aromatic rings. The number of nitrogens with zero attached hydrogens (tertiary/aromatic N) is 3. The van der Waals surface area contributed by atoms with Gasteiger partial charge in [-0.15, -0.1) is 0 Å². The van der Waals surface area contributed by atoms with Crippen molar-refractivity contribution in [3.8, 4) is 0 Å². The van der Waals surface area contributed by atoms with Crippen LogP contribution in [0.1, 0.15) is 64.9 Å². The fourth-order valence-corrected chi connectivity index (χ4v) is 4.46. The summed E-state index contributed by atoms with van der Waals surface area (Å²) in [5.41, 5.74) is 2.62. The maximum atomic E-state index is 12.9. The molecule has 2 aliphatic heterocycles. The Labute approximate surface area is 181 Å². The highest BCUT2D eigenvalue weighted by Crippen LogP contribution is 2.38. The van der Waals surface area contributed by atoms with Gasteiger partial charge >= 0.3 is 5.97 Å². The quantitative estimate of drug-likeness (QED) is 0.701. The minimum atomic E-state index is -0.522. The van der Waals surface area contributed by atoms with E-state index in [-0.39, 0.29) is 29.6 Å². The third kappa shape index (κ3) is 4.51. The number of ether oxygens (including phenoxy) is 2. The number of hydrogen-bond acceptors (Lipinski definition) is 7. The lowest BCUT2D eigenvalue weighted by molar-refractivity contribution is 0.0160. The number of rotatable bonds is 6. The smallest absolute Gasteiger partial charge is 0.375 e. The van der Waals surface area contributed by atoms with E-state index in [2.05, 4.69) is 10.3 Å². The Hall–Kier alpha value is -2.68. The molecular weight excluding hydrogens is 400 g/mol. The van der Waals surface area contributed by atoms with E-state index in [0.717, 1.165) is 43.7 Å². The molecule has 31 heavy (non-hydrogen) atoms. The van der Waals surface area contributed by atoms with Gasteiger partial charge in [-0.1, -0.05) is 6.92 Å². The molecule has 0 aromatic carbocycles. The van der Waals surface area contributed by atoms with Crippen molar-refractivity contribution in [2.45, 2.75) is 53.0 Å². The zero-order valence-electron chi connectivity index (χ0n) is 18.4. The molecule has 2 aliphatic rings. The Morgan fingerprint density at radius 1 is 1.39 bits per heavy atom. The first-order valence-electron chi connectivity index (χ1n) is 10.9. The predicted octanol–water partition coefficient (Wildman–Crippen LogP) is 2.32. The third-order valence-corrected chi connectivity index (χ3v) is 6.24. The number of esters is 1. The normalized spacial score (nSPS) is 18.9. The monoisotopic (exact) mass is 430 g/mol. The van der Waals surface area contributed by atoms with Crippen LogP contribution in [-0.2, 0) is 28.9 Å². The Kier molecular flexibility index (Phi) is 6.13. The Balaban J connectivity index is 1.50. The predicted molar refractivity (Wildman–Crippen MR) is 111 cm³/mol. The van der Waals surface area contributed by atoms with Crippen LogP contribution >= 0.6 is 0 Å². The van der Waals surface area contributed by atoms with E-state index < -0.39 is 5.97 Å². The largest absolute Gasteiger partial charge is 0.459 e. The van der Waals surface area contributed by atoms with Gasteiger partial charge in [0.05, 0.1) is 18.5 Å². The number of amides is 1. The zero-order chi connectivity index (χ0) is 22.0. The number of nitrogens with one attached hydrogen (secondary N) is 1. The van der Waals surface area contributed by atoms with E-state index in [0.29, 0.717) is 31.1 Å². The van der Waals surface area contributed by atoms with Gasteiger partial charge in [-0.3, -0.25) is 9.48 Å². The lowest BCUT2D eigenvalue weighted by Gasteiger charge is -2.36. The molecule has 168 valence electrons. The summed E-state index contributed by atoms with van der Waals surface area (Å²) in [4.78, 5) is 29.0. The fourth-order valence-electron chi connectivity index (χ4n) is 4.46. The van der Waals surface area contributed by atoms with Gasteiger partial charge in [0.1, 0.15) is 5.69 Å². The van der Waals surface area contributed by atoms with Crippen LogP contribution in [0.4, 0.5) is 0 Å². The molecule has 1 saturated heterocycles. The molecule has 1 unspecified atom stereocenters. The molecule has 0 saturated carbocycles. The fraction of sp³-hybridized carbons (Fsp3) is 0.636. The minimum absolute atomic E-state index is 0.00929. The molecule has 0 radical (unpaired) electrons. The summed E-state index contributed by atoms with van der Waals surface area (Å²) in [6.07, 6.45) is 4.65. The highest BCUT2D eigenvalue weighted by molar-refractivity contribution is 5.94. The molecule has 9 nitrogen and oxygen atoms in total. The summed E-state index contributed by atoms with van der Waals surface area (Å²) in [5, 5.41) is 7.89. The first kappa shape index (κ1) is 21.5. The van der Waals surface area contributed by atoms with Gasteiger partial charge in [0.2, 0.25) is 5.76 Å². The van der Waals surface area contributed by atoms with Gasteiger partial charge in [0, 0.05) is 38.8 Å². The zero-order valence-corrected chi connectivity index (χ0v) is 18.4. The van der Waals surface area contributed by atoms with E-state index in [1.165, 1.54) is 6.20 Å². The second-order valence-corrected chi connectivity index (χ2v) is 8.71. The molecule has 1 spiro atoms. The second kappa shape index (κ2) is 8.82. The first-order valence-corrected chi connectivity index (χ1v) is 10.9. The summed E-state index contributed by atoms with van der Waals surface area (Å²) in [6, 6.07) is 0. The van der Waals surface area contributed by atoms with Crippen molar-refractivity contribution in [3.63, 3.8) is 0 Å². The van der Waals surface area contributed by atoms with Gasteiger partial charge in [0.15, 0.2) is 5.89 Å². The van der Waals surface area contributed by atoms with Crippen LogP contribution in [0.15, 0.2) is 10.6 Å². The standard InChI is InChI=1S/C22H30N4O5/c1-4-26-19-16(10-22(13-24-20(19)27)5-7-29-8-6-22)17(25-26)9-14(2)12-30-21(28)18-11-23-15(3)31-18/h11,14H,4-10,12-13H2,1-3H3,(H,24,27). The van der Waals surface area contributed by atoms with E-state index in [4.69, 9.17) is 19.0 Å². The highest BCUT2D eigenvalue weighted by Gasteiger charge is 2.39. The lowest BCUT2D eigenvalue weighted by Crippen LogP contribution is -2.40. The first-order chi connectivity index (χ1) is 14.9. The van der Waals surface area contributed by atoms with E-state index in [1.54, 1.807) is 11.6 Å². The summed E-state index contributed by atoms with van der Waals surface area (Å²) in [6.45, 7) is 8.64. The number of aryl methyl sites for hydroxylation is 2. The Bertz CT molecular complexity index is 957. The molecule has 4 heterocycles. The second-order valence-electron chi connectivity index (χ2n) is 8.71. The van der Waals surface area contributed by atoms with Crippen molar-refractivity contribution >= 4 is 11.9 Å². The van der Waals surface area contributed by atoms with Crippen LogP contribution in [0.2, 0.25) is 0 Å². The molecule has 1 amide bonds. The van der Waals surface area contributed by atoms with Crippen LogP contribution in [-0.4, -0.2) is 53.0 Å². The molecule has 2 aromatic heterocycles. The van der Waals surface area contributed by atoms with Crippen molar-refractivity contribution in [1.82, 2.24) is 20.1 Å². The molecule has 0 aliphatic carbocycles. The van der Waals surface area contributed by atoms with E-state index >= 15 is 0 Å². The van der Waals surface area contributed by atoms with E-state index in [1.807, 2.05) is 13.8 Å². The highest BCUT2D eigenvalue weighted by atomic mass is 16.5. The molecule has 1 fully saturated rings. The molecule has 1 N–H and O–H groups in total. The van der Waals surface area contributed by atoms with Gasteiger partial charge < -0.3 is 19.2 Å². The average molecular weight is 431 g/mol. The SMILES string of the molecule is CCn1nc(CC(C)COC(=O)c2cnc(C)o2)c2c1C(=O)NCC1(CCOCC1)C2. The van der Waals surface area contributed by atoms with Gasteiger partial charge in [-0.2, -0.15) is 5.10 Å². The molecule has 4 rings (SSSR count). The van der Waals surface area contributed by atoms with Gasteiger partial charge in [-0.25, -0.2) is 9.78 Å². The summed E-state index contributed by atoms with van der Waals surface area (Å²) in [5.74, 6) is -0.0149. The summed E-state index contributed by atoms with van der Waals surface area (Å²) in [7, 11) is 0. The number of hydrogen-bond donors (Lipinski definition) is 1. The maximum Gasteiger partial charge on any atom is 0.375 e. The van der Waals surface area contributed by atoms with Crippen molar-refractivity contribution in [1.29, 1.82) is 0 Å². The Morgan fingerprint density at radius 3 is 2.84 bits per heavy atom. The molecule has 9 heteroatoms. The minimum Gasteiger partial charge on any atom is -0.459 e. The number of oxazole rings is 1. The number of carbonyl (C=O) groups is 2. The number of aromatic nitrogens is 3. The van der Waals surface area contributed by atoms with Crippen LogP contribution in [0.5, 0.6) is 0 Å². The Morgan fingerprint density at radius 2 is 2.16 bits per heavy atom. The maximum absolute atomic E-state index is 12.9.